The Hall–Kier alpha value is -1.94. The van der Waals surface area contributed by atoms with Crippen LogP contribution in [0.4, 0.5) is 0 Å². The van der Waals surface area contributed by atoms with Gasteiger partial charge in [0.05, 0.1) is 5.02 Å². The highest BCUT2D eigenvalue weighted by atomic mass is 35.5. The molecule has 5 heteroatoms. The predicted octanol–water partition coefficient (Wildman–Crippen LogP) is 2.85. The largest absolute Gasteiger partial charge is 0.481 e. The minimum Gasteiger partial charge on any atom is -0.481 e. The average molecular weight is 277 g/mol. The number of hydrogen-bond acceptors (Lipinski definition) is 3. The van der Waals surface area contributed by atoms with E-state index in [2.05, 4.69) is 9.97 Å². The third kappa shape index (κ3) is 3.51. The summed E-state index contributed by atoms with van der Waals surface area (Å²) in [5.41, 5.74) is 2.08. The Kier molecular flexibility index (Phi) is 4.12. The van der Waals surface area contributed by atoms with Crippen molar-refractivity contribution in [2.24, 2.45) is 0 Å². The monoisotopic (exact) mass is 276 g/mol. The molecule has 1 N–H and O–H groups in total. The zero-order valence-electron chi connectivity index (χ0n) is 10.4. The van der Waals surface area contributed by atoms with Gasteiger partial charge in [-0.15, -0.1) is 0 Å². The van der Waals surface area contributed by atoms with E-state index in [1.54, 1.807) is 0 Å². The number of benzene rings is 1. The molecule has 2 rings (SSSR count). The lowest BCUT2D eigenvalue weighted by Gasteiger charge is -2.11. The van der Waals surface area contributed by atoms with Gasteiger partial charge in [0.2, 0.25) is 0 Å². The van der Waals surface area contributed by atoms with Crippen LogP contribution in [0, 0.1) is 6.92 Å². The molecule has 0 saturated carbocycles. The van der Waals surface area contributed by atoms with Crippen LogP contribution in [-0.4, -0.2) is 21.0 Å². The first-order valence-corrected chi connectivity index (χ1v) is 6.20. The third-order valence-electron chi connectivity index (χ3n) is 2.81. The molecule has 0 aliphatic carbocycles. The maximum atomic E-state index is 11.3. The second-order valence-electron chi connectivity index (χ2n) is 4.34. The summed E-state index contributed by atoms with van der Waals surface area (Å²) in [5, 5.41) is 9.69. The molecule has 1 aromatic heterocycles. The molecule has 19 heavy (non-hydrogen) atoms. The number of aliphatic carboxylic acids is 1. The first-order valence-electron chi connectivity index (χ1n) is 5.82. The van der Waals surface area contributed by atoms with Crippen LogP contribution in [-0.2, 0) is 11.2 Å². The molecule has 1 atom stereocenters. The van der Waals surface area contributed by atoms with E-state index >= 15 is 0 Å². The average Bonchev–Trinajstić information content (AvgIpc) is 2.39. The summed E-state index contributed by atoms with van der Waals surface area (Å²) in [4.78, 5) is 19.3. The summed E-state index contributed by atoms with van der Waals surface area (Å²) in [7, 11) is 0. The number of hydrogen-bond donors (Lipinski definition) is 1. The highest BCUT2D eigenvalue weighted by Crippen LogP contribution is 2.19. The van der Waals surface area contributed by atoms with Crippen molar-refractivity contribution in [2.45, 2.75) is 19.3 Å². The fourth-order valence-electron chi connectivity index (χ4n) is 1.75. The van der Waals surface area contributed by atoms with E-state index in [0.29, 0.717) is 11.4 Å². The number of carboxylic acids is 1. The van der Waals surface area contributed by atoms with E-state index in [1.165, 1.54) is 12.4 Å². The summed E-state index contributed by atoms with van der Waals surface area (Å²) in [6, 6.07) is 7.75. The van der Waals surface area contributed by atoms with Gasteiger partial charge >= 0.3 is 5.97 Å². The maximum absolute atomic E-state index is 11.3. The quantitative estimate of drug-likeness (QED) is 0.933. The zero-order valence-corrected chi connectivity index (χ0v) is 11.1. The van der Waals surface area contributed by atoms with Crippen molar-refractivity contribution in [3.63, 3.8) is 0 Å². The van der Waals surface area contributed by atoms with Crippen molar-refractivity contribution in [1.82, 2.24) is 9.97 Å². The Labute approximate surface area is 116 Å². The lowest BCUT2D eigenvalue weighted by atomic mass is 9.98. The van der Waals surface area contributed by atoms with Gasteiger partial charge in [0.1, 0.15) is 11.7 Å². The highest BCUT2D eigenvalue weighted by molar-refractivity contribution is 6.30. The van der Waals surface area contributed by atoms with E-state index in [-0.39, 0.29) is 5.82 Å². The van der Waals surface area contributed by atoms with Crippen molar-refractivity contribution in [3.8, 4) is 0 Å². The van der Waals surface area contributed by atoms with Gasteiger partial charge in [-0.25, -0.2) is 9.97 Å². The highest BCUT2D eigenvalue weighted by Gasteiger charge is 2.23. The molecule has 0 amide bonds. The standard InChI is InChI=1S/C14H13ClN2O2/c1-9-2-4-10(5-3-9)6-12(14(18)19)13-16-7-11(15)8-17-13/h2-5,7-8,12H,6H2,1H3,(H,18,19). The van der Waals surface area contributed by atoms with Gasteiger partial charge in [-0.3, -0.25) is 4.79 Å². The molecule has 0 fully saturated rings. The molecule has 98 valence electrons. The number of aryl methyl sites for hydroxylation is 1. The lowest BCUT2D eigenvalue weighted by Crippen LogP contribution is -2.17. The van der Waals surface area contributed by atoms with E-state index in [0.717, 1.165) is 11.1 Å². The molecule has 0 radical (unpaired) electrons. The number of carbonyl (C=O) groups is 1. The van der Waals surface area contributed by atoms with Gasteiger partial charge in [-0.05, 0) is 18.9 Å². The maximum Gasteiger partial charge on any atom is 0.314 e. The number of rotatable bonds is 4. The van der Waals surface area contributed by atoms with E-state index < -0.39 is 11.9 Å². The Balaban J connectivity index is 2.23. The van der Waals surface area contributed by atoms with Gasteiger partial charge in [0.25, 0.3) is 0 Å². The van der Waals surface area contributed by atoms with Gasteiger partial charge in [-0.2, -0.15) is 0 Å². The summed E-state index contributed by atoms with van der Waals surface area (Å²) >= 11 is 5.70. The molecular formula is C14H13ClN2O2. The minimum absolute atomic E-state index is 0.275. The summed E-state index contributed by atoms with van der Waals surface area (Å²) in [6.07, 6.45) is 3.18. The fraction of sp³-hybridized carbons (Fsp3) is 0.214. The van der Waals surface area contributed by atoms with Crippen LogP contribution in [0.25, 0.3) is 0 Å². The predicted molar refractivity (Wildman–Crippen MR) is 72.3 cm³/mol. The summed E-state index contributed by atoms with van der Waals surface area (Å²) in [5.74, 6) is -1.43. The molecule has 0 bridgehead atoms. The Morgan fingerprint density at radius 1 is 1.26 bits per heavy atom. The molecule has 0 saturated heterocycles. The van der Waals surface area contributed by atoms with E-state index in [9.17, 15) is 9.90 Å². The molecule has 2 aromatic rings. The van der Waals surface area contributed by atoms with Crippen molar-refractivity contribution in [3.05, 3.63) is 58.6 Å². The zero-order chi connectivity index (χ0) is 13.8. The van der Waals surface area contributed by atoms with Crippen molar-refractivity contribution in [2.75, 3.05) is 0 Å². The van der Waals surface area contributed by atoms with Crippen LogP contribution in [0.2, 0.25) is 5.02 Å². The Morgan fingerprint density at radius 2 is 1.84 bits per heavy atom. The molecule has 1 aromatic carbocycles. The molecular weight excluding hydrogens is 264 g/mol. The second-order valence-corrected chi connectivity index (χ2v) is 4.78. The van der Waals surface area contributed by atoms with Crippen LogP contribution in [0.1, 0.15) is 22.9 Å². The molecule has 1 unspecified atom stereocenters. The SMILES string of the molecule is Cc1ccc(CC(C(=O)O)c2ncc(Cl)cn2)cc1. The fourth-order valence-corrected chi connectivity index (χ4v) is 1.85. The van der Waals surface area contributed by atoms with Gasteiger partial charge in [0, 0.05) is 12.4 Å². The van der Waals surface area contributed by atoms with Crippen LogP contribution in [0.5, 0.6) is 0 Å². The summed E-state index contributed by atoms with van der Waals surface area (Å²) < 4.78 is 0. The van der Waals surface area contributed by atoms with Crippen molar-refractivity contribution in [1.29, 1.82) is 0 Å². The summed E-state index contributed by atoms with van der Waals surface area (Å²) in [6.45, 7) is 1.99. The Bertz CT molecular complexity index is 567. The number of nitrogens with zero attached hydrogens (tertiary/aromatic N) is 2. The second kappa shape index (κ2) is 5.80. The topological polar surface area (TPSA) is 63.1 Å². The van der Waals surface area contributed by atoms with E-state index in [4.69, 9.17) is 11.6 Å². The van der Waals surface area contributed by atoms with Crippen LogP contribution in [0.15, 0.2) is 36.7 Å². The molecule has 1 heterocycles. The van der Waals surface area contributed by atoms with Crippen LogP contribution < -0.4 is 0 Å². The third-order valence-corrected chi connectivity index (χ3v) is 3.01. The smallest absolute Gasteiger partial charge is 0.314 e. The number of carboxylic acid groups (broad SMARTS) is 1. The molecule has 0 spiro atoms. The molecule has 0 aliphatic rings. The lowest BCUT2D eigenvalue weighted by molar-refractivity contribution is -0.139. The van der Waals surface area contributed by atoms with Crippen LogP contribution in [0.3, 0.4) is 0 Å². The Morgan fingerprint density at radius 3 is 2.37 bits per heavy atom. The number of aromatic nitrogens is 2. The van der Waals surface area contributed by atoms with Gasteiger partial charge in [0.15, 0.2) is 0 Å². The molecule has 4 nitrogen and oxygen atoms in total. The van der Waals surface area contributed by atoms with Gasteiger partial charge in [-0.1, -0.05) is 41.4 Å². The molecule has 0 aliphatic heterocycles. The number of halogens is 1. The first-order chi connectivity index (χ1) is 9.06. The normalized spacial score (nSPS) is 12.1. The van der Waals surface area contributed by atoms with Crippen molar-refractivity contribution < 1.29 is 9.90 Å². The van der Waals surface area contributed by atoms with Crippen molar-refractivity contribution >= 4 is 17.6 Å². The van der Waals surface area contributed by atoms with Crippen LogP contribution >= 0.6 is 11.6 Å². The van der Waals surface area contributed by atoms with Gasteiger partial charge < -0.3 is 5.11 Å². The minimum atomic E-state index is -0.942. The first kappa shape index (κ1) is 13.5. The van der Waals surface area contributed by atoms with E-state index in [1.807, 2.05) is 31.2 Å².